The molecule has 0 radical (unpaired) electrons. The first-order valence-electron chi connectivity index (χ1n) is 11.9. The number of piperidine rings is 2. The molecule has 2 bridgehead atoms. The zero-order valence-electron chi connectivity index (χ0n) is 18.8. The van der Waals surface area contributed by atoms with Gasteiger partial charge in [-0.15, -0.1) is 0 Å². The highest BCUT2D eigenvalue weighted by Crippen LogP contribution is 2.35. The molecular formula is C25H32FN5O. The molecule has 6 rings (SSSR count). The third-order valence-corrected chi connectivity index (χ3v) is 7.78. The first-order chi connectivity index (χ1) is 15.5. The van der Waals surface area contributed by atoms with Gasteiger partial charge in [-0.25, -0.2) is 14.4 Å². The van der Waals surface area contributed by atoms with E-state index in [2.05, 4.69) is 27.0 Å². The lowest BCUT2D eigenvalue weighted by molar-refractivity contribution is -0.128. The monoisotopic (exact) mass is 437 g/mol. The van der Waals surface area contributed by atoms with E-state index in [1.54, 1.807) is 18.3 Å². The van der Waals surface area contributed by atoms with Crippen LogP contribution < -0.4 is 10.2 Å². The predicted molar refractivity (Wildman–Crippen MR) is 123 cm³/mol. The highest BCUT2D eigenvalue weighted by Gasteiger charge is 2.42. The van der Waals surface area contributed by atoms with Crippen LogP contribution in [-0.4, -0.2) is 59.0 Å². The number of aromatic nitrogens is 2. The molecule has 32 heavy (non-hydrogen) atoms. The van der Waals surface area contributed by atoms with Crippen molar-refractivity contribution in [3.05, 3.63) is 42.3 Å². The van der Waals surface area contributed by atoms with Crippen molar-refractivity contribution >= 4 is 11.9 Å². The summed E-state index contributed by atoms with van der Waals surface area (Å²) in [5.74, 6) is 1.27. The molecule has 1 amide bonds. The Morgan fingerprint density at radius 2 is 1.75 bits per heavy atom. The Morgan fingerprint density at radius 1 is 1.03 bits per heavy atom. The van der Waals surface area contributed by atoms with Crippen LogP contribution in [0.4, 0.5) is 10.3 Å². The molecule has 4 fully saturated rings. The predicted octanol–water partition coefficient (Wildman–Crippen LogP) is 3.49. The minimum atomic E-state index is -0.258. The average molecular weight is 438 g/mol. The minimum Gasteiger partial charge on any atom is -0.350 e. The van der Waals surface area contributed by atoms with Gasteiger partial charge in [0.1, 0.15) is 5.82 Å². The van der Waals surface area contributed by atoms with E-state index in [9.17, 15) is 9.18 Å². The average Bonchev–Trinajstić information content (AvgIpc) is 3.08. The van der Waals surface area contributed by atoms with Crippen LogP contribution in [0.1, 0.15) is 39.0 Å². The zero-order valence-corrected chi connectivity index (χ0v) is 18.8. The van der Waals surface area contributed by atoms with Crippen LogP contribution in [0.25, 0.3) is 11.3 Å². The number of fused-ring (bicyclic) bond motifs is 4. The molecule has 1 atom stereocenters. The Kier molecular flexibility index (Phi) is 5.84. The number of hydrogen-bond acceptors (Lipinski definition) is 5. The van der Waals surface area contributed by atoms with Gasteiger partial charge in [0.05, 0.1) is 5.69 Å². The molecule has 1 unspecified atom stereocenters. The highest BCUT2D eigenvalue weighted by molar-refractivity contribution is 5.79. The van der Waals surface area contributed by atoms with Gasteiger partial charge in [0.25, 0.3) is 0 Å². The van der Waals surface area contributed by atoms with Gasteiger partial charge in [0.2, 0.25) is 11.9 Å². The summed E-state index contributed by atoms with van der Waals surface area (Å²) in [5.41, 5.74) is 1.57. The fourth-order valence-electron chi connectivity index (χ4n) is 5.56. The second kappa shape index (κ2) is 8.77. The number of benzene rings is 1. The summed E-state index contributed by atoms with van der Waals surface area (Å²) in [7, 11) is 0. The molecule has 2 aromatic rings. The van der Waals surface area contributed by atoms with Crippen LogP contribution >= 0.6 is 0 Å². The van der Waals surface area contributed by atoms with Gasteiger partial charge in [-0.2, -0.15) is 0 Å². The summed E-state index contributed by atoms with van der Waals surface area (Å²) in [6, 6.07) is 8.19. The maximum Gasteiger partial charge on any atom is 0.225 e. The van der Waals surface area contributed by atoms with E-state index in [1.165, 1.54) is 38.1 Å². The number of amides is 1. The van der Waals surface area contributed by atoms with Crippen LogP contribution in [0.5, 0.6) is 0 Å². The molecule has 4 aliphatic rings. The first-order valence-corrected chi connectivity index (χ1v) is 11.9. The van der Waals surface area contributed by atoms with Crippen molar-refractivity contribution in [2.75, 3.05) is 37.6 Å². The molecule has 0 saturated carbocycles. The van der Waals surface area contributed by atoms with Gasteiger partial charge < -0.3 is 15.1 Å². The SMILES string of the molecule is CC1(NC(=O)C2CCN(c3nccc(-c4ccc(F)cc4)n3)CC2)CCN2CCC1CC2. The number of halogens is 1. The van der Waals surface area contributed by atoms with Gasteiger partial charge in [-0.1, -0.05) is 0 Å². The van der Waals surface area contributed by atoms with Gasteiger partial charge >= 0.3 is 0 Å². The van der Waals surface area contributed by atoms with E-state index in [0.717, 1.165) is 50.2 Å². The Hall–Kier alpha value is -2.54. The molecule has 1 aromatic heterocycles. The smallest absolute Gasteiger partial charge is 0.225 e. The molecule has 7 heteroatoms. The van der Waals surface area contributed by atoms with Crippen LogP contribution in [0, 0.1) is 17.7 Å². The van der Waals surface area contributed by atoms with Crippen molar-refractivity contribution in [3.8, 4) is 11.3 Å². The Balaban J connectivity index is 1.20. The standard InChI is InChI=1S/C25H32FN5O/c1-25(11-17-30-13-9-20(25)10-14-30)29-23(32)19-7-15-31(16-8-19)24-27-12-6-22(28-24)18-2-4-21(26)5-3-18/h2-6,12,19-20H,7-11,13-17H2,1H3,(H,29,32). The summed E-state index contributed by atoms with van der Waals surface area (Å²) in [5, 5.41) is 3.48. The van der Waals surface area contributed by atoms with Crippen molar-refractivity contribution in [3.63, 3.8) is 0 Å². The van der Waals surface area contributed by atoms with E-state index in [-0.39, 0.29) is 23.2 Å². The van der Waals surface area contributed by atoms with Gasteiger partial charge in [-0.3, -0.25) is 4.79 Å². The summed E-state index contributed by atoms with van der Waals surface area (Å²) >= 11 is 0. The van der Waals surface area contributed by atoms with Crippen LogP contribution in [0.15, 0.2) is 36.5 Å². The lowest BCUT2D eigenvalue weighted by atomic mass is 9.78. The van der Waals surface area contributed by atoms with Crippen molar-refractivity contribution in [1.29, 1.82) is 0 Å². The maximum atomic E-state index is 13.2. The van der Waals surface area contributed by atoms with Gasteiger partial charge in [0, 0.05) is 42.9 Å². The number of carbonyl (C=O) groups excluding carboxylic acids is 1. The largest absolute Gasteiger partial charge is 0.350 e. The summed E-state index contributed by atoms with van der Waals surface area (Å²) in [4.78, 5) is 27.0. The number of hydrogen-bond donors (Lipinski definition) is 1. The van der Waals surface area contributed by atoms with Gasteiger partial charge in [0.15, 0.2) is 0 Å². The normalized spacial score (nSPS) is 28.4. The Bertz CT molecular complexity index is 951. The number of carbonyl (C=O) groups is 1. The van der Waals surface area contributed by atoms with Gasteiger partial charge in [-0.05, 0) is 88.4 Å². The topological polar surface area (TPSA) is 61.4 Å². The Morgan fingerprint density at radius 3 is 2.47 bits per heavy atom. The van der Waals surface area contributed by atoms with Crippen LogP contribution in [0.2, 0.25) is 0 Å². The van der Waals surface area contributed by atoms with Crippen LogP contribution in [-0.2, 0) is 4.79 Å². The summed E-state index contributed by atoms with van der Waals surface area (Å²) in [6.45, 7) is 7.22. The number of nitrogens with zero attached hydrogens (tertiary/aromatic N) is 4. The first kappa shape index (κ1) is 21.3. The van der Waals surface area contributed by atoms with E-state index >= 15 is 0 Å². The number of anilines is 1. The molecule has 0 aliphatic carbocycles. The zero-order chi connectivity index (χ0) is 22.1. The highest BCUT2D eigenvalue weighted by atomic mass is 19.1. The van der Waals surface area contributed by atoms with Crippen molar-refractivity contribution in [1.82, 2.24) is 20.2 Å². The molecule has 4 aliphatic heterocycles. The van der Waals surface area contributed by atoms with E-state index in [0.29, 0.717) is 11.9 Å². The molecule has 5 heterocycles. The lowest BCUT2D eigenvalue weighted by Crippen LogP contribution is -2.54. The molecular weight excluding hydrogens is 405 g/mol. The van der Waals surface area contributed by atoms with Crippen LogP contribution in [0.3, 0.4) is 0 Å². The van der Waals surface area contributed by atoms with Crippen molar-refractivity contribution in [2.45, 2.75) is 44.6 Å². The van der Waals surface area contributed by atoms with Crippen molar-refractivity contribution < 1.29 is 9.18 Å². The molecule has 0 spiro atoms. The number of rotatable bonds is 4. The third-order valence-electron chi connectivity index (χ3n) is 7.78. The number of nitrogens with one attached hydrogen (secondary N) is 1. The molecule has 6 nitrogen and oxygen atoms in total. The molecule has 1 aromatic carbocycles. The van der Waals surface area contributed by atoms with Crippen molar-refractivity contribution in [2.24, 2.45) is 11.8 Å². The van der Waals surface area contributed by atoms with E-state index < -0.39 is 0 Å². The van der Waals surface area contributed by atoms with E-state index in [1.807, 2.05) is 6.07 Å². The Labute approximate surface area is 189 Å². The summed E-state index contributed by atoms with van der Waals surface area (Å²) < 4.78 is 13.2. The lowest BCUT2D eigenvalue weighted by Gasteiger charge is -2.39. The quantitative estimate of drug-likeness (QED) is 0.794. The molecule has 1 N–H and O–H groups in total. The second-order valence-electron chi connectivity index (χ2n) is 9.78. The van der Waals surface area contributed by atoms with E-state index in [4.69, 9.17) is 4.98 Å². The third kappa shape index (κ3) is 4.35. The fraction of sp³-hybridized carbons (Fsp3) is 0.560. The fourth-order valence-corrected chi connectivity index (χ4v) is 5.56. The second-order valence-corrected chi connectivity index (χ2v) is 9.78. The minimum absolute atomic E-state index is 0.0455. The molecule has 170 valence electrons. The summed E-state index contributed by atoms with van der Waals surface area (Å²) in [6.07, 6.45) is 6.80. The molecule has 4 saturated heterocycles. The maximum absolute atomic E-state index is 13.2.